The van der Waals surface area contributed by atoms with Gasteiger partial charge in [-0.15, -0.1) is 0 Å². The minimum absolute atomic E-state index is 0.319. The normalized spacial score (nSPS) is 12.6. The van der Waals surface area contributed by atoms with E-state index in [4.69, 9.17) is 4.74 Å². The Morgan fingerprint density at radius 2 is 1.70 bits per heavy atom. The molecule has 1 aromatic carbocycles. The molecule has 0 aliphatic rings. The van der Waals surface area contributed by atoms with Gasteiger partial charge in [0.1, 0.15) is 17.2 Å². The van der Waals surface area contributed by atoms with Gasteiger partial charge < -0.3 is 10.1 Å². The van der Waals surface area contributed by atoms with Crippen LogP contribution in [0.4, 0.5) is 13.6 Å². The predicted molar refractivity (Wildman–Crippen MR) is 102 cm³/mol. The van der Waals surface area contributed by atoms with Crippen molar-refractivity contribution in [1.82, 2.24) is 10.3 Å². The zero-order valence-electron chi connectivity index (χ0n) is 16.1. The standard InChI is InChI=1S/C21H24F2N2O2/c1-20(2,3)27-19(26)25-21(4,5)18(23)12-14-6-11-17(24-13-14)15-7-9-16(22)10-8-15/h6-13H,1-5H3,(H,25,26)/b18-12-. The fraction of sp³-hybridized carbons (Fsp3) is 0.333. The van der Waals surface area contributed by atoms with Crippen molar-refractivity contribution in [3.05, 3.63) is 59.8 Å². The van der Waals surface area contributed by atoms with Crippen LogP contribution in [0.15, 0.2) is 48.4 Å². The minimum atomic E-state index is -1.24. The summed E-state index contributed by atoms with van der Waals surface area (Å²) in [4.78, 5) is 16.2. The zero-order valence-corrected chi connectivity index (χ0v) is 16.1. The number of nitrogens with zero attached hydrogens (tertiary/aromatic N) is 1. The van der Waals surface area contributed by atoms with E-state index in [1.165, 1.54) is 24.4 Å². The number of amides is 1. The van der Waals surface area contributed by atoms with Crippen LogP contribution in [0, 0.1) is 5.82 Å². The lowest BCUT2D eigenvalue weighted by atomic mass is 10.0. The molecule has 1 aromatic heterocycles. The number of benzene rings is 1. The van der Waals surface area contributed by atoms with E-state index >= 15 is 0 Å². The van der Waals surface area contributed by atoms with Crippen molar-refractivity contribution < 1.29 is 18.3 Å². The molecule has 0 fully saturated rings. The molecule has 0 spiro atoms. The van der Waals surface area contributed by atoms with Gasteiger partial charge in [-0.05, 0) is 76.6 Å². The van der Waals surface area contributed by atoms with E-state index in [2.05, 4.69) is 10.3 Å². The third-order valence-corrected chi connectivity index (χ3v) is 3.63. The molecule has 1 N–H and O–H groups in total. The Morgan fingerprint density at radius 1 is 1.07 bits per heavy atom. The number of nitrogens with one attached hydrogen (secondary N) is 1. The summed E-state index contributed by atoms with van der Waals surface area (Å²) in [5.41, 5.74) is 0.0498. The molecule has 144 valence electrons. The van der Waals surface area contributed by atoms with Crippen molar-refractivity contribution in [1.29, 1.82) is 0 Å². The number of hydrogen-bond donors (Lipinski definition) is 1. The number of alkyl carbamates (subject to hydrolysis) is 1. The first-order valence-corrected chi connectivity index (χ1v) is 8.57. The van der Waals surface area contributed by atoms with Gasteiger partial charge in [0.05, 0.1) is 11.2 Å². The summed E-state index contributed by atoms with van der Waals surface area (Å²) in [6, 6.07) is 9.39. The van der Waals surface area contributed by atoms with Crippen LogP contribution in [-0.4, -0.2) is 22.2 Å². The van der Waals surface area contributed by atoms with Crippen LogP contribution in [0.5, 0.6) is 0 Å². The molecule has 1 heterocycles. The monoisotopic (exact) mass is 374 g/mol. The fourth-order valence-electron chi connectivity index (χ4n) is 2.23. The van der Waals surface area contributed by atoms with Crippen LogP contribution in [0.2, 0.25) is 0 Å². The molecule has 0 aliphatic carbocycles. The summed E-state index contributed by atoms with van der Waals surface area (Å²) >= 11 is 0. The van der Waals surface area contributed by atoms with E-state index < -0.39 is 23.1 Å². The van der Waals surface area contributed by atoms with Crippen LogP contribution in [0.3, 0.4) is 0 Å². The molecule has 0 radical (unpaired) electrons. The molecule has 27 heavy (non-hydrogen) atoms. The number of carbonyl (C=O) groups excluding carboxylic acids is 1. The number of aromatic nitrogens is 1. The van der Waals surface area contributed by atoms with E-state index in [0.29, 0.717) is 11.3 Å². The zero-order chi connectivity index (χ0) is 20.2. The van der Waals surface area contributed by atoms with Crippen molar-refractivity contribution in [2.45, 2.75) is 45.8 Å². The summed E-state index contributed by atoms with van der Waals surface area (Å²) in [5, 5.41) is 2.51. The topological polar surface area (TPSA) is 51.2 Å². The van der Waals surface area contributed by atoms with Crippen molar-refractivity contribution in [3.63, 3.8) is 0 Å². The van der Waals surface area contributed by atoms with Gasteiger partial charge in [-0.25, -0.2) is 13.6 Å². The first-order valence-electron chi connectivity index (χ1n) is 8.57. The van der Waals surface area contributed by atoms with E-state index in [-0.39, 0.29) is 5.82 Å². The number of carbonyl (C=O) groups is 1. The molecule has 2 rings (SSSR count). The SMILES string of the molecule is CC(C)(C)OC(=O)NC(C)(C)/C(F)=C/c1ccc(-c2ccc(F)cc2)nc1. The van der Waals surface area contributed by atoms with E-state index in [0.717, 1.165) is 5.56 Å². The molecule has 1 amide bonds. The molecule has 0 saturated carbocycles. The smallest absolute Gasteiger partial charge is 0.408 e. The quantitative estimate of drug-likeness (QED) is 0.769. The average molecular weight is 374 g/mol. The number of hydrogen-bond acceptors (Lipinski definition) is 3. The second-order valence-corrected chi connectivity index (χ2v) is 7.73. The molecular weight excluding hydrogens is 350 g/mol. The summed E-state index contributed by atoms with van der Waals surface area (Å²) in [5.74, 6) is -0.857. The van der Waals surface area contributed by atoms with Crippen molar-refractivity contribution in [2.24, 2.45) is 0 Å². The maximum absolute atomic E-state index is 14.6. The lowest BCUT2D eigenvalue weighted by molar-refractivity contribution is 0.0478. The summed E-state index contributed by atoms with van der Waals surface area (Å²) in [6.07, 6.45) is 2.13. The molecule has 6 heteroatoms. The maximum Gasteiger partial charge on any atom is 0.408 e. The van der Waals surface area contributed by atoms with Gasteiger partial charge in [0, 0.05) is 11.8 Å². The maximum atomic E-state index is 14.6. The average Bonchev–Trinajstić information content (AvgIpc) is 2.54. The highest BCUT2D eigenvalue weighted by Gasteiger charge is 2.28. The van der Waals surface area contributed by atoms with Crippen LogP contribution >= 0.6 is 0 Å². The third-order valence-electron chi connectivity index (χ3n) is 3.63. The molecule has 2 aromatic rings. The van der Waals surface area contributed by atoms with Gasteiger partial charge in [-0.3, -0.25) is 4.98 Å². The Labute approximate surface area is 158 Å². The van der Waals surface area contributed by atoms with Crippen LogP contribution in [-0.2, 0) is 4.74 Å². The van der Waals surface area contributed by atoms with Crippen LogP contribution in [0.1, 0.15) is 40.2 Å². The highest BCUT2D eigenvalue weighted by atomic mass is 19.1. The molecule has 4 nitrogen and oxygen atoms in total. The lowest BCUT2D eigenvalue weighted by Crippen LogP contribution is -2.46. The second kappa shape index (κ2) is 7.86. The summed E-state index contributed by atoms with van der Waals surface area (Å²) in [6.45, 7) is 8.30. The van der Waals surface area contributed by atoms with Gasteiger partial charge in [0.2, 0.25) is 0 Å². The van der Waals surface area contributed by atoms with Crippen LogP contribution < -0.4 is 5.32 Å². The summed E-state index contributed by atoms with van der Waals surface area (Å²) in [7, 11) is 0. The number of pyridine rings is 1. The third kappa shape index (κ3) is 6.16. The Bertz CT molecular complexity index is 821. The summed E-state index contributed by atoms with van der Waals surface area (Å²) < 4.78 is 32.8. The Morgan fingerprint density at radius 3 is 2.22 bits per heavy atom. The van der Waals surface area contributed by atoms with Crippen molar-refractivity contribution >= 4 is 12.2 Å². The lowest BCUT2D eigenvalue weighted by Gasteiger charge is -2.27. The molecule has 0 atom stereocenters. The van der Waals surface area contributed by atoms with Crippen LogP contribution in [0.25, 0.3) is 17.3 Å². The Balaban J connectivity index is 2.12. The first-order chi connectivity index (χ1) is 12.5. The second-order valence-electron chi connectivity index (χ2n) is 7.73. The van der Waals surface area contributed by atoms with E-state index in [9.17, 15) is 13.6 Å². The Hall–Kier alpha value is -2.76. The van der Waals surface area contributed by atoms with E-state index in [1.807, 2.05) is 0 Å². The molecular formula is C21H24F2N2O2. The largest absolute Gasteiger partial charge is 0.444 e. The number of halogens is 2. The van der Waals surface area contributed by atoms with Gasteiger partial charge >= 0.3 is 6.09 Å². The highest BCUT2D eigenvalue weighted by Crippen LogP contribution is 2.23. The van der Waals surface area contributed by atoms with Gasteiger partial charge in [0.25, 0.3) is 0 Å². The fourth-order valence-corrected chi connectivity index (χ4v) is 2.23. The van der Waals surface area contributed by atoms with Crippen molar-refractivity contribution in [2.75, 3.05) is 0 Å². The first kappa shape index (κ1) is 20.6. The van der Waals surface area contributed by atoms with Gasteiger partial charge in [0.15, 0.2) is 0 Å². The van der Waals surface area contributed by atoms with Gasteiger partial charge in [-0.2, -0.15) is 0 Å². The highest BCUT2D eigenvalue weighted by molar-refractivity contribution is 5.70. The number of ether oxygens (including phenoxy) is 1. The van der Waals surface area contributed by atoms with Gasteiger partial charge in [-0.1, -0.05) is 6.07 Å². The molecule has 0 bridgehead atoms. The minimum Gasteiger partial charge on any atom is -0.444 e. The number of rotatable bonds is 4. The molecule has 0 unspecified atom stereocenters. The predicted octanol–water partition coefficient (Wildman–Crippen LogP) is 5.50. The molecule has 0 saturated heterocycles. The van der Waals surface area contributed by atoms with E-state index in [1.54, 1.807) is 58.9 Å². The Kier molecular flexibility index (Phi) is 5.98. The van der Waals surface area contributed by atoms with Crippen molar-refractivity contribution in [3.8, 4) is 11.3 Å². The molecule has 0 aliphatic heterocycles.